The highest BCUT2D eigenvalue weighted by Gasteiger charge is 2.27. The van der Waals surface area contributed by atoms with Crippen molar-refractivity contribution in [2.45, 2.75) is 26.9 Å². The number of esters is 2. The number of carbonyl (C=O) groups is 3. The van der Waals surface area contributed by atoms with E-state index < -0.39 is 23.8 Å². The summed E-state index contributed by atoms with van der Waals surface area (Å²) in [7, 11) is 1.27. The number of hydrogen-bond acceptors (Lipinski definition) is 6. The van der Waals surface area contributed by atoms with Gasteiger partial charge < -0.3 is 19.2 Å². The van der Waals surface area contributed by atoms with E-state index >= 15 is 0 Å². The number of Topliss-reactive ketones (excluding diaryl/α,β-unsaturated/α-hetero) is 1. The molecule has 0 bridgehead atoms. The molecule has 3 aromatic rings. The summed E-state index contributed by atoms with van der Waals surface area (Å²) in [6.07, 6.45) is -1.05. The Bertz CT molecular complexity index is 1110. The van der Waals surface area contributed by atoms with Gasteiger partial charge >= 0.3 is 11.9 Å². The lowest BCUT2D eigenvalue weighted by molar-refractivity contribution is -0.148. The van der Waals surface area contributed by atoms with Crippen LogP contribution in [0, 0.1) is 13.8 Å². The molecule has 0 saturated heterocycles. The molecule has 3 rings (SSSR count). The number of hydrogen-bond donors (Lipinski definition) is 1. The summed E-state index contributed by atoms with van der Waals surface area (Å²) in [5.41, 5.74) is 1.49. The predicted octanol–water partition coefficient (Wildman–Crippen LogP) is 3.76. The molecule has 0 aliphatic heterocycles. The molecule has 156 valence electrons. The van der Waals surface area contributed by atoms with Crippen molar-refractivity contribution in [1.29, 1.82) is 0 Å². The molecule has 30 heavy (non-hydrogen) atoms. The third-order valence-electron chi connectivity index (χ3n) is 4.85. The van der Waals surface area contributed by atoms with E-state index in [1.807, 2.05) is 36.4 Å². The number of aryl methyl sites for hydroxylation is 1. The lowest BCUT2D eigenvalue weighted by Gasteiger charge is -2.13. The van der Waals surface area contributed by atoms with Crippen LogP contribution < -0.4 is 4.74 Å². The van der Waals surface area contributed by atoms with Gasteiger partial charge in [-0.05, 0) is 37.8 Å². The van der Waals surface area contributed by atoms with Gasteiger partial charge in [-0.2, -0.15) is 0 Å². The smallest absolute Gasteiger partial charge is 0.344 e. The Hall–Kier alpha value is -3.61. The van der Waals surface area contributed by atoms with Gasteiger partial charge in [-0.1, -0.05) is 36.4 Å². The molecule has 7 heteroatoms. The van der Waals surface area contributed by atoms with E-state index in [0.29, 0.717) is 22.6 Å². The van der Waals surface area contributed by atoms with E-state index in [1.54, 1.807) is 19.9 Å². The maximum Gasteiger partial charge on any atom is 0.344 e. The quantitative estimate of drug-likeness (QED) is 0.472. The van der Waals surface area contributed by atoms with Gasteiger partial charge in [0.25, 0.3) is 0 Å². The van der Waals surface area contributed by atoms with Crippen LogP contribution in [0.3, 0.4) is 0 Å². The van der Waals surface area contributed by atoms with E-state index in [0.717, 1.165) is 10.8 Å². The van der Waals surface area contributed by atoms with E-state index in [9.17, 15) is 14.4 Å². The summed E-state index contributed by atoms with van der Waals surface area (Å²) in [4.78, 5) is 39.7. The number of aromatic nitrogens is 1. The van der Waals surface area contributed by atoms with Gasteiger partial charge in [0.15, 0.2) is 12.7 Å². The van der Waals surface area contributed by atoms with E-state index in [-0.39, 0.29) is 12.3 Å². The van der Waals surface area contributed by atoms with Crippen molar-refractivity contribution < 1.29 is 28.6 Å². The fourth-order valence-electron chi connectivity index (χ4n) is 3.35. The first-order valence-corrected chi connectivity index (χ1v) is 9.45. The molecule has 0 aliphatic carbocycles. The minimum Gasteiger partial charge on any atom is -0.481 e. The van der Waals surface area contributed by atoms with Crippen LogP contribution in [0.4, 0.5) is 0 Å². The molecule has 0 amide bonds. The SMILES string of the molecule is COC(=O)c1c(C)[nH]c(C(=O)C(C)OC(=O)COc2cccc3ccccc23)c1C. The number of H-pyrrole nitrogens is 1. The van der Waals surface area contributed by atoms with Crippen LogP contribution in [0.25, 0.3) is 10.8 Å². The van der Waals surface area contributed by atoms with Crippen molar-refractivity contribution in [2.24, 2.45) is 0 Å². The Morgan fingerprint density at radius 2 is 1.73 bits per heavy atom. The minimum absolute atomic E-state index is 0.211. The first-order chi connectivity index (χ1) is 14.3. The number of carbonyl (C=O) groups excluding carboxylic acids is 3. The van der Waals surface area contributed by atoms with Gasteiger partial charge in [0, 0.05) is 11.1 Å². The van der Waals surface area contributed by atoms with Gasteiger partial charge in [-0.3, -0.25) is 4.79 Å². The predicted molar refractivity (Wildman–Crippen MR) is 111 cm³/mol. The lowest BCUT2D eigenvalue weighted by Crippen LogP contribution is -2.28. The van der Waals surface area contributed by atoms with Crippen molar-refractivity contribution >= 4 is 28.5 Å². The summed E-state index contributed by atoms with van der Waals surface area (Å²) in [6, 6.07) is 13.2. The van der Waals surface area contributed by atoms with Crippen LogP contribution in [0.2, 0.25) is 0 Å². The van der Waals surface area contributed by atoms with Gasteiger partial charge in [0.05, 0.1) is 18.4 Å². The van der Waals surface area contributed by atoms with Crippen molar-refractivity contribution in [1.82, 2.24) is 4.98 Å². The first-order valence-electron chi connectivity index (χ1n) is 9.45. The van der Waals surface area contributed by atoms with Crippen LogP contribution in [-0.4, -0.2) is 42.5 Å². The Morgan fingerprint density at radius 3 is 2.47 bits per heavy atom. The van der Waals surface area contributed by atoms with Gasteiger partial charge in [0.1, 0.15) is 5.75 Å². The molecule has 0 aliphatic rings. The highest BCUT2D eigenvalue weighted by molar-refractivity contribution is 6.04. The minimum atomic E-state index is -1.05. The zero-order valence-electron chi connectivity index (χ0n) is 17.3. The number of ketones is 1. The van der Waals surface area contributed by atoms with Crippen molar-refractivity contribution in [3.05, 3.63) is 65.0 Å². The summed E-state index contributed by atoms with van der Waals surface area (Å²) in [5.74, 6) is -1.09. The molecular weight excluding hydrogens is 386 g/mol. The van der Waals surface area contributed by atoms with E-state index in [4.69, 9.17) is 14.2 Å². The second-order valence-corrected chi connectivity index (χ2v) is 6.88. The molecule has 1 unspecified atom stereocenters. The molecule has 1 heterocycles. The average Bonchev–Trinajstić information content (AvgIpc) is 3.04. The molecule has 0 spiro atoms. The Morgan fingerprint density at radius 1 is 1.03 bits per heavy atom. The molecule has 2 aromatic carbocycles. The van der Waals surface area contributed by atoms with Crippen LogP contribution >= 0.6 is 0 Å². The highest BCUT2D eigenvalue weighted by atomic mass is 16.6. The number of aromatic amines is 1. The van der Waals surface area contributed by atoms with E-state index in [1.165, 1.54) is 14.0 Å². The lowest BCUT2D eigenvalue weighted by atomic mass is 10.1. The fourth-order valence-corrected chi connectivity index (χ4v) is 3.35. The summed E-state index contributed by atoms with van der Waals surface area (Å²) < 4.78 is 15.6. The van der Waals surface area contributed by atoms with Crippen LogP contribution in [0.1, 0.15) is 39.0 Å². The number of benzene rings is 2. The summed E-state index contributed by atoms with van der Waals surface area (Å²) >= 11 is 0. The maximum atomic E-state index is 12.7. The molecule has 0 radical (unpaired) electrons. The molecule has 7 nitrogen and oxygen atoms in total. The molecular formula is C23H23NO6. The third kappa shape index (κ3) is 4.20. The third-order valence-corrected chi connectivity index (χ3v) is 4.85. The summed E-state index contributed by atoms with van der Waals surface area (Å²) in [5, 5.41) is 1.87. The number of ether oxygens (including phenoxy) is 3. The summed E-state index contributed by atoms with van der Waals surface area (Å²) in [6.45, 7) is 4.46. The van der Waals surface area contributed by atoms with Gasteiger partial charge in [0.2, 0.25) is 5.78 Å². The highest BCUT2D eigenvalue weighted by Crippen LogP contribution is 2.25. The molecule has 1 atom stereocenters. The standard InChI is InChI=1S/C23H23NO6/c1-13-20(23(27)28-4)14(2)24-21(13)22(26)15(3)30-19(25)12-29-18-11-7-9-16-8-5-6-10-17(16)18/h5-11,15,24H,12H2,1-4H3. The molecule has 0 saturated carbocycles. The average molecular weight is 409 g/mol. The van der Waals surface area contributed by atoms with E-state index in [2.05, 4.69) is 4.98 Å². The largest absolute Gasteiger partial charge is 0.481 e. The first kappa shape index (κ1) is 21.1. The number of methoxy groups -OCH3 is 1. The van der Waals surface area contributed by atoms with Gasteiger partial charge in [-0.15, -0.1) is 0 Å². The fraction of sp³-hybridized carbons (Fsp3) is 0.261. The number of rotatable bonds is 7. The van der Waals surface area contributed by atoms with Crippen LogP contribution in [0.15, 0.2) is 42.5 Å². The zero-order chi connectivity index (χ0) is 21.8. The normalized spacial score (nSPS) is 11.7. The van der Waals surface area contributed by atoms with Crippen molar-refractivity contribution in [2.75, 3.05) is 13.7 Å². The Balaban J connectivity index is 1.66. The van der Waals surface area contributed by atoms with Crippen LogP contribution in [-0.2, 0) is 14.3 Å². The van der Waals surface area contributed by atoms with Crippen LogP contribution in [0.5, 0.6) is 5.75 Å². The second kappa shape index (κ2) is 8.82. The topological polar surface area (TPSA) is 94.7 Å². The maximum absolute atomic E-state index is 12.7. The molecule has 1 N–H and O–H groups in total. The number of fused-ring (bicyclic) bond motifs is 1. The Kier molecular flexibility index (Phi) is 6.20. The monoisotopic (exact) mass is 409 g/mol. The van der Waals surface area contributed by atoms with Crippen molar-refractivity contribution in [3.8, 4) is 5.75 Å². The molecule has 1 aromatic heterocycles. The number of nitrogens with one attached hydrogen (secondary N) is 1. The zero-order valence-corrected chi connectivity index (χ0v) is 17.3. The van der Waals surface area contributed by atoms with Gasteiger partial charge in [-0.25, -0.2) is 9.59 Å². The second-order valence-electron chi connectivity index (χ2n) is 6.88. The molecule has 0 fully saturated rings. The Labute approximate surface area is 173 Å². The van der Waals surface area contributed by atoms with Crippen molar-refractivity contribution in [3.63, 3.8) is 0 Å².